The van der Waals surface area contributed by atoms with Crippen molar-refractivity contribution in [2.75, 3.05) is 12.9 Å². The number of aryl methyl sites for hydroxylation is 1. The molecule has 4 rings (SSSR count). The molecule has 0 radical (unpaired) electrons. The Kier molecular flexibility index (Phi) is 6.76. The van der Waals surface area contributed by atoms with Crippen LogP contribution in [0.25, 0.3) is 0 Å². The second-order valence-electron chi connectivity index (χ2n) is 7.33. The molecule has 3 aromatic rings. The first-order chi connectivity index (χ1) is 15.5. The Morgan fingerprint density at radius 1 is 1.31 bits per heavy atom. The highest BCUT2D eigenvalue weighted by Crippen LogP contribution is 2.35. The van der Waals surface area contributed by atoms with Gasteiger partial charge in [0.1, 0.15) is 5.75 Å². The van der Waals surface area contributed by atoms with Crippen LogP contribution in [0.3, 0.4) is 0 Å². The smallest absolute Gasteiger partial charge is 0.254 e. The molecular formula is C23H24N4O3S2. The molecule has 0 bridgehead atoms. The number of aromatic amines is 1. The maximum atomic E-state index is 13.2. The fourth-order valence-corrected chi connectivity index (χ4v) is 5.16. The number of hydrogen-bond acceptors (Lipinski definition) is 7. The lowest BCUT2D eigenvalue weighted by Crippen LogP contribution is -2.28. The van der Waals surface area contributed by atoms with Gasteiger partial charge in [-0.1, -0.05) is 36.9 Å². The fraction of sp³-hybridized carbons (Fsp3) is 0.304. The highest BCUT2D eigenvalue weighted by Gasteiger charge is 2.33. The monoisotopic (exact) mass is 468 g/mol. The van der Waals surface area contributed by atoms with Crippen LogP contribution in [0, 0.1) is 6.92 Å². The number of thioether (sulfide) groups is 1. The second kappa shape index (κ2) is 9.70. The first-order valence-corrected chi connectivity index (χ1v) is 12.2. The molecule has 32 heavy (non-hydrogen) atoms. The lowest BCUT2D eigenvalue weighted by Gasteiger charge is -2.22. The van der Waals surface area contributed by atoms with E-state index in [1.54, 1.807) is 23.5 Å². The molecule has 1 atom stereocenters. The molecule has 1 aromatic carbocycles. The van der Waals surface area contributed by atoms with Crippen LogP contribution < -0.4 is 10.3 Å². The van der Waals surface area contributed by atoms with E-state index >= 15 is 0 Å². The highest BCUT2D eigenvalue weighted by molar-refractivity contribution is 7.99. The van der Waals surface area contributed by atoms with Crippen molar-refractivity contribution in [3.63, 3.8) is 0 Å². The van der Waals surface area contributed by atoms with E-state index in [0.717, 1.165) is 21.9 Å². The number of carbonyl (C=O) groups excluding carboxylic acids is 1. The Morgan fingerprint density at radius 3 is 2.72 bits per heavy atom. The van der Waals surface area contributed by atoms with Gasteiger partial charge >= 0.3 is 0 Å². The summed E-state index contributed by atoms with van der Waals surface area (Å²) in [4.78, 5) is 33.7. The first-order valence-electron chi connectivity index (χ1n) is 10.3. The molecule has 7 nitrogen and oxygen atoms in total. The Hall–Kier alpha value is -2.91. The number of rotatable bonds is 7. The zero-order valence-electron chi connectivity index (χ0n) is 18.1. The molecule has 1 amide bonds. The third-order valence-electron chi connectivity index (χ3n) is 5.36. The van der Waals surface area contributed by atoms with Gasteiger partial charge in [-0.05, 0) is 42.5 Å². The third kappa shape index (κ3) is 4.63. The van der Waals surface area contributed by atoms with Gasteiger partial charge in [0.05, 0.1) is 29.5 Å². The van der Waals surface area contributed by atoms with Crippen LogP contribution in [0.15, 0.2) is 56.8 Å². The summed E-state index contributed by atoms with van der Waals surface area (Å²) in [5, 5.41) is 8.69. The number of hydrazone groups is 1. The van der Waals surface area contributed by atoms with E-state index in [1.807, 2.05) is 55.6 Å². The summed E-state index contributed by atoms with van der Waals surface area (Å²) in [5.74, 6) is 0.754. The van der Waals surface area contributed by atoms with Crippen molar-refractivity contribution in [1.29, 1.82) is 0 Å². The minimum Gasteiger partial charge on any atom is -0.497 e. The van der Waals surface area contributed by atoms with Crippen LogP contribution in [0.4, 0.5) is 0 Å². The van der Waals surface area contributed by atoms with Gasteiger partial charge in [-0.3, -0.25) is 9.59 Å². The molecule has 0 spiro atoms. The molecule has 0 saturated carbocycles. The van der Waals surface area contributed by atoms with Crippen LogP contribution in [0.2, 0.25) is 0 Å². The molecule has 166 valence electrons. The standard InChI is InChI=1S/C23H24N4O3S2/c1-4-17-14(2)24-23(25-22(17)29)32-13-21(28)27-19(15-7-9-16(30-3)10-8-15)12-18(26-27)20-6-5-11-31-20/h5-11,19H,4,12-13H2,1-3H3,(H,24,25,29)/t19-/m0/s1. The number of benzene rings is 1. The summed E-state index contributed by atoms with van der Waals surface area (Å²) in [5.41, 5.74) is 3.11. The molecule has 0 unspecified atom stereocenters. The number of amides is 1. The van der Waals surface area contributed by atoms with Crippen molar-refractivity contribution < 1.29 is 9.53 Å². The van der Waals surface area contributed by atoms with Gasteiger partial charge in [-0.25, -0.2) is 9.99 Å². The van der Waals surface area contributed by atoms with E-state index < -0.39 is 0 Å². The summed E-state index contributed by atoms with van der Waals surface area (Å²) < 4.78 is 5.26. The van der Waals surface area contributed by atoms with Crippen molar-refractivity contribution in [3.05, 3.63) is 73.8 Å². The van der Waals surface area contributed by atoms with Crippen molar-refractivity contribution in [2.45, 2.75) is 37.9 Å². The Morgan fingerprint density at radius 2 is 2.09 bits per heavy atom. The Bertz CT molecular complexity index is 1190. The first kappa shape index (κ1) is 22.3. The maximum Gasteiger partial charge on any atom is 0.254 e. The van der Waals surface area contributed by atoms with Gasteiger partial charge in [0.15, 0.2) is 5.16 Å². The fourth-order valence-electron chi connectivity index (χ4n) is 3.68. The quantitative estimate of drug-likeness (QED) is 0.415. The maximum absolute atomic E-state index is 13.2. The zero-order chi connectivity index (χ0) is 22.7. The van der Waals surface area contributed by atoms with Crippen molar-refractivity contribution >= 4 is 34.7 Å². The molecule has 9 heteroatoms. The van der Waals surface area contributed by atoms with Crippen LogP contribution in [0.5, 0.6) is 5.75 Å². The minimum absolute atomic E-state index is 0.127. The molecule has 1 aliphatic rings. The highest BCUT2D eigenvalue weighted by atomic mass is 32.2. The summed E-state index contributed by atoms with van der Waals surface area (Å²) in [7, 11) is 1.63. The molecule has 3 heterocycles. The van der Waals surface area contributed by atoms with Crippen molar-refractivity contribution in [3.8, 4) is 5.75 Å². The molecule has 0 aliphatic carbocycles. The Labute approximate surface area is 194 Å². The van der Waals surface area contributed by atoms with E-state index in [-0.39, 0.29) is 23.3 Å². The number of carbonyl (C=O) groups is 1. The number of nitrogens with one attached hydrogen (secondary N) is 1. The number of ether oxygens (including phenoxy) is 1. The summed E-state index contributed by atoms with van der Waals surface area (Å²) in [6.45, 7) is 3.74. The van der Waals surface area contributed by atoms with E-state index in [0.29, 0.717) is 29.3 Å². The van der Waals surface area contributed by atoms with Crippen molar-refractivity contribution in [2.24, 2.45) is 5.10 Å². The largest absolute Gasteiger partial charge is 0.497 e. The van der Waals surface area contributed by atoms with E-state index in [4.69, 9.17) is 4.74 Å². The number of hydrogen-bond donors (Lipinski definition) is 1. The van der Waals surface area contributed by atoms with Crippen LogP contribution in [-0.2, 0) is 11.2 Å². The molecule has 1 aliphatic heterocycles. The van der Waals surface area contributed by atoms with E-state index in [9.17, 15) is 9.59 Å². The predicted molar refractivity (Wildman–Crippen MR) is 128 cm³/mol. The zero-order valence-corrected chi connectivity index (χ0v) is 19.8. The van der Waals surface area contributed by atoms with Crippen LogP contribution in [0.1, 0.15) is 41.1 Å². The SMILES string of the molecule is CCc1c(C)nc(SCC(=O)N2N=C(c3cccs3)C[C@H]2c2ccc(OC)cc2)[nH]c1=O. The van der Waals surface area contributed by atoms with Gasteiger partial charge in [0.2, 0.25) is 0 Å². The van der Waals surface area contributed by atoms with E-state index in [2.05, 4.69) is 15.1 Å². The molecule has 1 N–H and O–H groups in total. The van der Waals surface area contributed by atoms with Crippen LogP contribution >= 0.6 is 23.1 Å². The average Bonchev–Trinajstić information content (AvgIpc) is 3.47. The summed E-state index contributed by atoms with van der Waals surface area (Å²) in [6, 6.07) is 11.5. The number of methoxy groups -OCH3 is 1. The third-order valence-corrected chi connectivity index (χ3v) is 7.14. The molecule has 0 saturated heterocycles. The lowest BCUT2D eigenvalue weighted by molar-refractivity contribution is -0.130. The normalized spacial score (nSPS) is 15.7. The predicted octanol–water partition coefficient (Wildman–Crippen LogP) is 4.18. The lowest BCUT2D eigenvalue weighted by atomic mass is 10.0. The minimum atomic E-state index is -0.192. The van der Waals surface area contributed by atoms with Gasteiger partial charge in [0.25, 0.3) is 11.5 Å². The number of nitrogens with zero attached hydrogens (tertiary/aromatic N) is 3. The number of H-pyrrole nitrogens is 1. The van der Waals surface area contributed by atoms with Gasteiger partial charge in [-0.2, -0.15) is 5.10 Å². The summed E-state index contributed by atoms with van der Waals surface area (Å²) >= 11 is 2.83. The second-order valence-corrected chi connectivity index (χ2v) is 9.24. The number of thiophene rings is 1. The molecule has 2 aromatic heterocycles. The summed E-state index contributed by atoms with van der Waals surface area (Å²) in [6.07, 6.45) is 1.26. The van der Waals surface area contributed by atoms with Crippen molar-refractivity contribution in [1.82, 2.24) is 15.0 Å². The molecule has 0 fully saturated rings. The average molecular weight is 469 g/mol. The van der Waals surface area contributed by atoms with E-state index in [1.165, 1.54) is 11.8 Å². The van der Waals surface area contributed by atoms with Gasteiger partial charge in [0, 0.05) is 17.7 Å². The van der Waals surface area contributed by atoms with Crippen LogP contribution in [-0.4, -0.2) is 39.5 Å². The topological polar surface area (TPSA) is 87.7 Å². The van der Waals surface area contributed by atoms with Gasteiger partial charge < -0.3 is 9.72 Å². The van der Waals surface area contributed by atoms with Gasteiger partial charge in [-0.15, -0.1) is 11.3 Å². The molecular weight excluding hydrogens is 444 g/mol. The Balaban J connectivity index is 1.55. The number of aromatic nitrogens is 2.